The van der Waals surface area contributed by atoms with Crippen molar-refractivity contribution in [1.82, 2.24) is 24.8 Å². The number of carbonyl (C=O) groups excluding carboxylic acids is 1. The fraction of sp³-hybridized carbons (Fsp3) is 0.0588. The normalized spacial score (nSPS) is 10.9. The van der Waals surface area contributed by atoms with E-state index in [0.717, 1.165) is 0 Å². The van der Waals surface area contributed by atoms with E-state index < -0.39 is 11.7 Å². The molecular weight excluding hydrogens is 375 g/mol. The molecule has 4 aromatic rings. The number of fused-ring (bicyclic) bond motifs is 1. The third-order valence-corrected chi connectivity index (χ3v) is 4.23. The zero-order chi connectivity index (χ0) is 19.0. The molecule has 0 aliphatic rings. The molecule has 0 unspecified atom stereocenters. The van der Waals surface area contributed by atoms with Crippen molar-refractivity contribution in [3.8, 4) is 17.0 Å². The van der Waals surface area contributed by atoms with Crippen molar-refractivity contribution in [2.24, 2.45) is 0 Å². The van der Waals surface area contributed by atoms with E-state index in [0.29, 0.717) is 5.65 Å². The van der Waals surface area contributed by atoms with Crippen molar-refractivity contribution in [1.29, 1.82) is 0 Å². The fourth-order valence-corrected chi connectivity index (χ4v) is 2.84. The Morgan fingerprint density at radius 2 is 2.22 bits per heavy atom. The summed E-state index contributed by atoms with van der Waals surface area (Å²) in [6.45, 7) is 0. The van der Waals surface area contributed by atoms with Gasteiger partial charge in [-0.3, -0.25) is 9.89 Å². The number of rotatable bonds is 4. The Morgan fingerprint density at radius 3 is 3.04 bits per heavy atom. The van der Waals surface area contributed by atoms with Gasteiger partial charge in [-0.1, -0.05) is 11.6 Å². The van der Waals surface area contributed by atoms with Gasteiger partial charge in [0.05, 0.1) is 41.5 Å². The number of benzene rings is 1. The minimum Gasteiger partial charge on any atom is -0.496 e. The average Bonchev–Trinajstić information content (AvgIpc) is 3.30. The van der Waals surface area contributed by atoms with Crippen LogP contribution in [0.4, 0.5) is 10.1 Å². The summed E-state index contributed by atoms with van der Waals surface area (Å²) in [6.07, 6.45) is 6.00. The molecule has 1 aromatic carbocycles. The Labute approximate surface area is 156 Å². The van der Waals surface area contributed by atoms with Crippen LogP contribution in [-0.2, 0) is 0 Å². The van der Waals surface area contributed by atoms with Crippen LogP contribution in [0.5, 0.6) is 5.75 Å². The number of nitrogens with one attached hydrogen (secondary N) is 2. The molecule has 10 heteroatoms. The highest BCUT2D eigenvalue weighted by molar-refractivity contribution is 6.31. The third-order valence-electron chi connectivity index (χ3n) is 3.94. The second-order valence-corrected chi connectivity index (χ2v) is 5.90. The van der Waals surface area contributed by atoms with Gasteiger partial charge in [0.15, 0.2) is 11.5 Å². The van der Waals surface area contributed by atoms with Crippen LogP contribution >= 0.6 is 11.6 Å². The lowest BCUT2D eigenvalue weighted by Gasteiger charge is -2.11. The van der Waals surface area contributed by atoms with Crippen molar-refractivity contribution in [2.75, 3.05) is 12.4 Å². The second-order valence-electron chi connectivity index (χ2n) is 5.50. The molecule has 3 aromatic heterocycles. The van der Waals surface area contributed by atoms with E-state index in [4.69, 9.17) is 16.3 Å². The highest BCUT2D eigenvalue weighted by Crippen LogP contribution is 2.38. The van der Waals surface area contributed by atoms with Crippen LogP contribution in [0.2, 0.25) is 5.02 Å². The van der Waals surface area contributed by atoms with Gasteiger partial charge in [-0.05, 0) is 18.2 Å². The largest absolute Gasteiger partial charge is 0.496 e. The lowest BCUT2D eigenvalue weighted by atomic mass is 10.1. The minimum absolute atomic E-state index is 0.0655. The Bertz CT molecular complexity index is 1160. The molecule has 4 rings (SSSR count). The maximum absolute atomic E-state index is 14.6. The number of aromatic nitrogens is 5. The van der Waals surface area contributed by atoms with Gasteiger partial charge in [0, 0.05) is 12.4 Å². The predicted octanol–water partition coefficient (Wildman–Crippen LogP) is 3.17. The first-order valence-electron chi connectivity index (χ1n) is 7.75. The summed E-state index contributed by atoms with van der Waals surface area (Å²) in [5.41, 5.74) is 1.21. The zero-order valence-corrected chi connectivity index (χ0v) is 14.7. The molecule has 0 saturated heterocycles. The van der Waals surface area contributed by atoms with E-state index in [1.54, 1.807) is 18.5 Å². The van der Waals surface area contributed by atoms with Gasteiger partial charge in [0.1, 0.15) is 11.3 Å². The molecule has 2 N–H and O–H groups in total. The van der Waals surface area contributed by atoms with Crippen molar-refractivity contribution in [3.63, 3.8) is 0 Å². The van der Waals surface area contributed by atoms with Gasteiger partial charge in [-0.15, -0.1) is 0 Å². The first-order valence-corrected chi connectivity index (χ1v) is 8.13. The van der Waals surface area contributed by atoms with E-state index in [9.17, 15) is 9.18 Å². The number of hydrogen-bond acceptors (Lipinski definition) is 5. The van der Waals surface area contributed by atoms with Crippen molar-refractivity contribution >= 4 is 28.8 Å². The van der Waals surface area contributed by atoms with Crippen LogP contribution in [0.25, 0.3) is 16.9 Å². The lowest BCUT2D eigenvalue weighted by Crippen LogP contribution is -2.12. The van der Waals surface area contributed by atoms with Crippen LogP contribution in [0, 0.1) is 5.82 Å². The number of hydrogen-bond donors (Lipinski definition) is 2. The molecule has 0 spiro atoms. The maximum Gasteiger partial charge on any atom is 0.261 e. The van der Waals surface area contributed by atoms with Gasteiger partial charge in [-0.25, -0.2) is 13.9 Å². The number of carbonyl (C=O) groups is 1. The van der Waals surface area contributed by atoms with Crippen LogP contribution < -0.4 is 10.1 Å². The van der Waals surface area contributed by atoms with Crippen LogP contribution in [0.3, 0.4) is 0 Å². The van der Waals surface area contributed by atoms with Crippen molar-refractivity contribution in [3.05, 3.63) is 59.4 Å². The summed E-state index contributed by atoms with van der Waals surface area (Å²) in [5.74, 6) is -0.907. The molecule has 0 radical (unpaired) electrons. The zero-order valence-electron chi connectivity index (χ0n) is 13.9. The van der Waals surface area contributed by atoms with Crippen molar-refractivity contribution < 1.29 is 13.9 Å². The quantitative estimate of drug-likeness (QED) is 0.561. The molecule has 1 amide bonds. The second kappa shape index (κ2) is 6.69. The molecular formula is C17H12ClFN6O2. The molecule has 27 heavy (non-hydrogen) atoms. The lowest BCUT2D eigenvalue weighted by molar-refractivity contribution is 0.102. The maximum atomic E-state index is 14.6. The number of H-pyrrole nitrogens is 1. The highest BCUT2D eigenvalue weighted by Gasteiger charge is 2.22. The molecule has 0 aliphatic heterocycles. The van der Waals surface area contributed by atoms with Crippen LogP contribution in [-0.4, -0.2) is 37.8 Å². The fourth-order valence-electron chi connectivity index (χ4n) is 2.68. The summed E-state index contributed by atoms with van der Waals surface area (Å²) < 4.78 is 21.3. The summed E-state index contributed by atoms with van der Waals surface area (Å²) in [5, 5.41) is 13.3. The van der Waals surface area contributed by atoms with Crippen LogP contribution in [0.15, 0.2) is 43.0 Å². The van der Waals surface area contributed by atoms with Gasteiger partial charge in [-0.2, -0.15) is 10.2 Å². The molecule has 0 aliphatic carbocycles. The van der Waals surface area contributed by atoms with Crippen molar-refractivity contribution in [2.45, 2.75) is 0 Å². The topological polar surface area (TPSA) is 97.2 Å². The van der Waals surface area contributed by atoms with Gasteiger partial charge >= 0.3 is 0 Å². The molecule has 136 valence electrons. The van der Waals surface area contributed by atoms with E-state index >= 15 is 0 Å². The molecule has 0 saturated carbocycles. The number of aromatic amines is 1. The summed E-state index contributed by atoms with van der Waals surface area (Å²) in [6, 6.07) is 4.62. The van der Waals surface area contributed by atoms with E-state index in [1.165, 1.54) is 36.2 Å². The number of halogens is 2. The van der Waals surface area contributed by atoms with Gasteiger partial charge < -0.3 is 10.1 Å². The van der Waals surface area contributed by atoms with E-state index in [1.807, 2.05) is 0 Å². The predicted molar refractivity (Wildman–Crippen MR) is 96.5 cm³/mol. The van der Waals surface area contributed by atoms with E-state index in [2.05, 4.69) is 25.6 Å². The highest BCUT2D eigenvalue weighted by atomic mass is 35.5. The average molecular weight is 387 g/mol. The first-order chi connectivity index (χ1) is 13.1. The third kappa shape index (κ3) is 2.87. The number of methoxy groups -OCH3 is 1. The Balaban J connectivity index is 1.74. The molecule has 3 heterocycles. The summed E-state index contributed by atoms with van der Waals surface area (Å²) >= 11 is 5.89. The summed E-state index contributed by atoms with van der Waals surface area (Å²) in [4.78, 5) is 16.8. The van der Waals surface area contributed by atoms with Gasteiger partial charge in [0.25, 0.3) is 5.91 Å². The molecule has 0 atom stereocenters. The SMILES string of the molecule is COc1ccc(Cl)c(F)c1-c1[nH]ncc1NC(=O)c1cnn2cccnc12. The Hall–Kier alpha value is -3.46. The van der Waals surface area contributed by atoms with Gasteiger partial charge in [0.2, 0.25) is 0 Å². The molecule has 8 nitrogen and oxygen atoms in total. The number of nitrogens with zero attached hydrogens (tertiary/aromatic N) is 4. The number of anilines is 1. The smallest absolute Gasteiger partial charge is 0.261 e. The Kier molecular flexibility index (Phi) is 4.21. The Morgan fingerprint density at radius 1 is 1.37 bits per heavy atom. The minimum atomic E-state index is -0.687. The van der Waals surface area contributed by atoms with E-state index in [-0.39, 0.29) is 33.3 Å². The first kappa shape index (κ1) is 17.0. The molecule has 0 bridgehead atoms. The molecule has 0 fully saturated rings. The monoisotopic (exact) mass is 386 g/mol. The number of amides is 1. The number of ether oxygens (including phenoxy) is 1. The van der Waals surface area contributed by atoms with Crippen LogP contribution in [0.1, 0.15) is 10.4 Å². The standard InChI is InChI=1S/C17H12ClFN6O2/c1-27-12-4-3-10(18)14(19)13(12)15-11(8-21-24-15)23-17(26)9-7-22-25-6-2-5-20-16(9)25/h2-8H,1H3,(H,21,24)(H,23,26). The summed E-state index contributed by atoms with van der Waals surface area (Å²) in [7, 11) is 1.41.